The Kier molecular flexibility index (Phi) is 4.59. The van der Waals surface area contributed by atoms with E-state index in [0.717, 1.165) is 17.9 Å². The number of hydrogen-bond acceptors (Lipinski definition) is 3. The van der Waals surface area contributed by atoms with Crippen LogP contribution in [-0.4, -0.2) is 17.8 Å². The van der Waals surface area contributed by atoms with Crippen LogP contribution in [0.3, 0.4) is 0 Å². The Bertz CT molecular complexity index is 427. The van der Waals surface area contributed by atoms with Gasteiger partial charge >= 0.3 is 0 Å². The summed E-state index contributed by atoms with van der Waals surface area (Å²) in [6.45, 7) is 10.2. The summed E-state index contributed by atoms with van der Waals surface area (Å²) in [6.07, 6.45) is 0. The highest BCUT2D eigenvalue weighted by Crippen LogP contribution is 2.23. The van der Waals surface area contributed by atoms with Crippen molar-refractivity contribution in [2.45, 2.75) is 34.2 Å². The Morgan fingerprint density at radius 3 is 2.53 bits per heavy atom. The topological polar surface area (TPSA) is 64.0 Å². The molecule has 0 unspecified atom stereocenters. The lowest BCUT2D eigenvalue weighted by Crippen LogP contribution is -2.12. The minimum absolute atomic E-state index is 0.537. The molecule has 1 aromatic heterocycles. The Morgan fingerprint density at radius 2 is 2.06 bits per heavy atom. The van der Waals surface area contributed by atoms with Gasteiger partial charge in [-0.3, -0.25) is 0 Å². The molecule has 0 bridgehead atoms. The third-order valence-electron chi connectivity index (χ3n) is 2.89. The summed E-state index contributed by atoms with van der Waals surface area (Å²) in [4.78, 5) is 0. The van der Waals surface area contributed by atoms with Gasteiger partial charge in [0.15, 0.2) is 0 Å². The molecule has 94 valence electrons. The monoisotopic (exact) mass is 235 g/mol. The third kappa shape index (κ3) is 3.01. The van der Waals surface area contributed by atoms with E-state index in [9.17, 15) is 0 Å². The normalized spacial score (nSPS) is 10.8. The summed E-state index contributed by atoms with van der Waals surface area (Å²) in [5.41, 5.74) is 8.55. The van der Waals surface area contributed by atoms with Crippen LogP contribution in [0.1, 0.15) is 30.7 Å². The highest BCUT2D eigenvalue weighted by atomic mass is 16.5. The van der Waals surface area contributed by atoms with Crippen molar-refractivity contribution in [3.63, 3.8) is 0 Å². The average Bonchev–Trinajstić information content (AvgIpc) is 2.47. The number of nitriles is 1. The van der Waals surface area contributed by atoms with Crippen molar-refractivity contribution in [3.8, 4) is 6.07 Å². The van der Waals surface area contributed by atoms with Crippen LogP contribution in [0.15, 0.2) is 0 Å². The largest absolute Gasteiger partial charge is 0.384 e. The van der Waals surface area contributed by atoms with Gasteiger partial charge in [-0.05, 0) is 25.3 Å². The maximum absolute atomic E-state index is 9.01. The molecule has 0 aromatic carbocycles. The molecular weight excluding hydrogens is 214 g/mol. The van der Waals surface area contributed by atoms with E-state index in [4.69, 9.17) is 15.7 Å². The fourth-order valence-electron chi connectivity index (χ4n) is 1.80. The summed E-state index contributed by atoms with van der Waals surface area (Å²) in [5, 5.41) is 9.01. The first-order valence-electron chi connectivity index (χ1n) is 5.92. The molecule has 4 heteroatoms. The van der Waals surface area contributed by atoms with Gasteiger partial charge in [-0.25, -0.2) is 0 Å². The number of aromatic nitrogens is 1. The number of ether oxygens (including phenoxy) is 1. The lowest BCUT2D eigenvalue weighted by molar-refractivity contribution is 0.103. The van der Waals surface area contributed by atoms with E-state index in [0.29, 0.717) is 30.5 Å². The number of nitrogens with two attached hydrogens (primary N) is 1. The fourth-order valence-corrected chi connectivity index (χ4v) is 1.80. The first-order chi connectivity index (χ1) is 7.99. The van der Waals surface area contributed by atoms with Gasteiger partial charge in [0.1, 0.15) is 11.9 Å². The number of hydrogen-bond donors (Lipinski definition) is 1. The van der Waals surface area contributed by atoms with E-state index >= 15 is 0 Å². The van der Waals surface area contributed by atoms with Crippen molar-refractivity contribution in [1.82, 2.24) is 4.57 Å². The highest BCUT2D eigenvalue weighted by Gasteiger charge is 2.14. The lowest BCUT2D eigenvalue weighted by atomic mass is 10.2. The van der Waals surface area contributed by atoms with Crippen LogP contribution in [0, 0.1) is 31.1 Å². The van der Waals surface area contributed by atoms with E-state index in [-0.39, 0.29) is 0 Å². The van der Waals surface area contributed by atoms with Gasteiger partial charge in [-0.15, -0.1) is 0 Å². The second-order valence-corrected chi connectivity index (χ2v) is 4.70. The molecule has 0 saturated heterocycles. The van der Waals surface area contributed by atoms with Crippen LogP contribution in [0.25, 0.3) is 0 Å². The zero-order chi connectivity index (χ0) is 13.0. The molecule has 1 aromatic rings. The number of nitrogens with zero attached hydrogens (tertiary/aromatic N) is 2. The second kappa shape index (κ2) is 5.74. The molecule has 0 radical (unpaired) electrons. The van der Waals surface area contributed by atoms with Crippen molar-refractivity contribution in [2.75, 3.05) is 18.9 Å². The Balaban J connectivity index is 2.69. The number of rotatable bonds is 5. The minimum Gasteiger partial charge on any atom is -0.384 e. The van der Waals surface area contributed by atoms with Gasteiger partial charge < -0.3 is 15.0 Å². The molecule has 1 heterocycles. The molecule has 17 heavy (non-hydrogen) atoms. The van der Waals surface area contributed by atoms with Crippen LogP contribution in [0.2, 0.25) is 0 Å². The quantitative estimate of drug-likeness (QED) is 0.796. The Hall–Kier alpha value is -1.47. The van der Waals surface area contributed by atoms with Crippen LogP contribution in [0.4, 0.5) is 5.82 Å². The van der Waals surface area contributed by atoms with E-state index in [2.05, 4.69) is 19.9 Å². The van der Waals surface area contributed by atoms with Gasteiger partial charge in [0, 0.05) is 18.8 Å². The van der Waals surface area contributed by atoms with Crippen molar-refractivity contribution < 1.29 is 4.74 Å². The minimum atomic E-state index is 0.537. The summed E-state index contributed by atoms with van der Waals surface area (Å²) >= 11 is 0. The van der Waals surface area contributed by atoms with Gasteiger partial charge in [-0.1, -0.05) is 13.8 Å². The standard InChI is InChI=1S/C13H21N3O/c1-9(2)8-17-6-5-16-11(4)10(3)12(7-14)13(16)15/h9H,5-6,8,15H2,1-4H3. The maximum atomic E-state index is 9.01. The van der Waals surface area contributed by atoms with E-state index in [1.807, 2.05) is 18.4 Å². The van der Waals surface area contributed by atoms with E-state index in [1.165, 1.54) is 0 Å². The SMILES string of the molecule is Cc1c(C#N)c(N)n(CCOCC(C)C)c1C. The summed E-state index contributed by atoms with van der Waals surface area (Å²) in [6, 6.07) is 2.15. The molecule has 0 amide bonds. The Labute approximate surface area is 103 Å². The third-order valence-corrected chi connectivity index (χ3v) is 2.89. The first-order valence-corrected chi connectivity index (χ1v) is 5.92. The average molecular weight is 235 g/mol. The van der Waals surface area contributed by atoms with Crippen LogP contribution < -0.4 is 5.73 Å². The first kappa shape index (κ1) is 13.6. The molecule has 4 nitrogen and oxygen atoms in total. The van der Waals surface area contributed by atoms with Crippen molar-refractivity contribution >= 4 is 5.82 Å². The summed E-state index contributed by atoms with van der Waals surface area (Å²) < 4.78 is 7.49. The smallest absolute Gasteiger partial charge is 0.122 e. The summed E-state index contributed by atoms with van der Waals surface area (Å²) in [7, 11) is 0. The lowest BCUT2D eigenvalue weighted by Gasteiger charge is -2.10. The predicted octanol–water partition coefficient (Wildman–Crippen LogP) is 2.23. The van der Waals surface area contributed by atoms with Gasteiger partial charge in [0.05, 0.1) is 12.2 Å². The molecule has 1 rings (SSSR count). The second-order valence-electron chi connectivity index (χ2n) is 4.70. The molecular formula is C13H21N3O. The molecule has 0 saturated carbocycles. The number of anilines is 1. The summed E-state index contributed by atoms with van der Waals surface area (Å²) in [5.74, 6) is 1.09. The molecule has 0 aliphatic heterocycles. The highest BCUT2D eigenvalue weighted by molar-refractivity contribution is 5.57. The van der Waals surface area contributed by atoms with Gasteiger partial charge in [0.2, 0.25) is 0 Å². The van der Waals surface area contributed by atoms with Crippen molar-refractivity contribution in [3.05, 3.63) is 16.8 Å². The van der Waals surface area contributed by atoms with Crippen LogP contribution >= 0.6 is 0 Å². The van der Waals surface area contributed by atoms with Gasteiger partial charge in [0.25, 0.3) is 0 Å². The fraction of sp³-hybridized carbons (Fsp3) is 0.615. The van der Waals surface area contributed by atoms with Crippen LogP contribution in [0.5, 0.6) is 0 Å². The number of nitrogen functional groups attached to an aromatic ring is 1. The Morgan fingerprint density at radius 1 is 1.41 bits per heavy atom. The van der Waals surface area contributed by atoms with Crippen molar-refractivity contribution in [2.24, 2.45) is 5.92 Å². The molecule has 0 aliphatic rings. The zero-order valence-electron chi connectivity index (χ0n) is 11.1. The van der Waals surface area contributed by atoms with Gasteiger partial charge in [-0.2, -0.15) is 5.26 Å². The van der Waals surface area contributed by atoms with E-state index < -0.39 is 0 Å². The molecule has 0 fully saturated rings. The van der Waals surface area contributed by atoms with Crippen LogP contribution in [-0.2, 0) is 11.3 Å². The van der Waals surface area contributed by atoms with Crippen molar-refractivity contribution in [1.29, 1.82) is 5.26 Å². The molecule has 0 aliphatic carbocycles. The maximum Gasteiger partial charge on any atom is 0.122 e. The molecule has 2 N–H and O–H groups in total. The molecule has 0 atom stereocenters. The van der Waals surface area contributed by atoms with E-state index in [1.54, 1.807) is 0 Å². The zero-order valence-corrected chi connectivity index (χ0v) is 11.1. The molecule has 0 spiro atoms. The predicted molar refractivity (Wildman–Crippen MR) is 68.7 cm³/mol.